The molecular weight excluding hydrogens is 384 g/mol. The first-order chi connectivity index (χ1) is 15.3. The number of hydrogen-bond acceptors (Lipinski definition) is 5. The van der Waals surface area contributed by atoms with Crippen molar-refractivity contribution in [3.8, 4) is 22.5 Å². The lowest BCUT2D eigenvalue weighted by molar-refractivity contribution is 0.881. The Morgan fingerprint density at radius 2 is 1.65 bits per heavy atom. The van der Waals surface area contributed by atoms with E-state index in [2.05, 4.69) is 87.5 Å². The molecule has 5 rings (SSSR count). The number of anilines is 1. The van der Waals surface area contributed by atoms with Gasteiger partial charge in [-0.15, -0.1) is 5.10 Å². The molecule has 3 aromatic carbocycles. The van der Waals surface area contributed by atoms with E-state index in [0.717, 1.165) is 51.9 Å². The van der Waals surface area contributed by atoms with Gasteiger partial charge in [-0.05, 0) is 45.7 Å². The summed E-state index contributed by atoms with van der Waals surface area (Å²) >= 11 is 0. The minimum absolute atomic E-state index is 0.664. The monoisotopic (exact) mass is 406 g/mol. The Balaban J connectivity index is 1.39. The van der Waals surface area contributed by atoms with Crippen LogP contribution in [0.3, 0.4) is 0 Å². The molecule has 0 aliphatic carbocycles. The van der Waals surface area contributed by atoms with Crippen LogP contribution in [-0.2, 0) is 13.0 Å². The summed E-state index contributed by atoms with van der Waals surface area (Å²) < 4.78 is 0. The first kappa shape index (κ1) is 18.9. The lowest BCUT2D eigenvalue weighted by Gasteiger charge is -2.12. The molecule has 2 aromatic heterocycles. The first-order valence-corrected chi connectivity index (χ1v) is 10.4. The second-order valence-corrected chi connectivity index (χ2v) is 7.38. The third-order valence-corrected chi connectivity index (χ3v) is 5.41. The van der Waals surface area contributed by atoms with Crippen LogP contribution in [0.25, 0.3) is 33.4 Å². The first-order valence-electron chi connectivity index (χ1n) is 10.4. The van der Waals surface area contributed by atoms with E-state index in [1.807, 2.05) is 24.3 Å². The van der Waals surface area contributed by atoms with Gasteiger partial charge in [-0.25, -0.2) is 5.10 Å². The number of fused-ring (bicyclic) bond motifs is 1. The average molecular weight is 406 g/mol. The molecule has 31 heavy (non-hydrogen) atoms. The van der Waals surface area contributed by atoms with Crippen molar-refractivity contribution >= 4 is 16.6 Å². The van der Waals surface area contributed by atoms with E-state index < -0.39 is 0 Å². The van der Waals surface area contributed by atoms with Crippen LogP contribution < -0.4 is 5.32 Å². The van der Waals surface area contributed by atoms with Crippen LogP contribution in [0.4, 0.5) is 5.69 Å². The number of rotatable bonds is 6. The number of aryl methyl sites for hydroxylation is 1. The van der Waals surface area contributed by atoms with Crippen molar-refractivity contribution < 1.29 is 0 Å². The zero-order valence-corrected chi connectivity index (χ0v) is 17.2. The molecule has 0 saturated carbocycles. The van der Waals surface area contributed by atoms with Crippen LogP contribution in [0.1, 0.15) is 18.2 Å². The van der Waals surface area contributed by atoms with Gasteiger partial charge < -0.3 is 5.32 Å². The van der Waals surface area contributed by atoms with Crippen LogP contribution in [0.5, 0.6) is 0 Å². The maximum absolute atomic E-state index is 4.73. The van der Waals surface area contributed by atoms with Gasteiger partial charge in [0.25, 0.3) is 0 Å². The number of nitrogens with one attached hydrogen (secondary N) is 2. The third kappa shape index (κ3) is 3.88. The van der Waals surface area contributed by atoms with Crippen molar-refractivity contribution in [2.24, 2.45) is 0 Å². The summed E-state index contributed by atoms with van der Waals surface area (Å²) in [6.45, 7) is 2.87. The van der Waals surface area contributed by atoms with Gasteiger partial charge in [-0.1, -0.05) is 73.7 Å². The van der Waals surface area contributed by atoms with E-state index in [-0.39, 0.29) is 0 Å². The number of aromatic amines is 1. The molecule has 6 nitrogen and oxygen atoms in total. The molecule has 0 fully saturated rings. The zero-order valence-electron chi connectivity index (χ0n) is 17.2. The van der Waals surface area contributed by atoms with E-state index in [1.165, 1.54) is 5.56 Å². The molecule has 0 saturated heterocycles. The standard InChI is InChI=1S/C25H22N6/c1-2-19-15-24(22-9-5-6-10-23(22)27-19)26-16-17-11-13-18(14-12-17)20-7-3-4-8-21(20)25-28-30-31-29-25/h3-15H,2,16H2,1H3,(H,26,27)(H,28,29,30,31). The Bertz CT molecular complexity index is 1310. The number of para-hydroxylation sites is 1. The fourth-order valence-electron chi connectivity index (χ4n) is 3.77. The topological polar surface area (TPSA) is 79.4 Å². The maximum Gasteiger partial charge on any atom is 0.180 e. The van der Waals surface area contributed by atoms with Crippen LogP contribution >= 0.6 is 0 Å². The molecule has 0 spiro atoms. The largest absolute Gasteiger partial charge is 0.380 e. The number of aromatic nitrogens is 5. The Kier molecular flexibility index (Phi) is 5.10. The molecule has 2 heterocycles. The smallest absolute Gasteiger partial charge is 0.180 e. The molecule has 0 radical (unpaired) electrons. The molecule has 0 amide bonds. The number of pyridine rings is 1. The third-order valence-electron chi connectivity index (χ3n) is 5.41. The van der Waals surface area contributed by atoms with Crippen LogP contribution in [-0.4, -0.2) is 25.6 Å². The van der Waals surface area contributed by atoms with Crippen LogP contribution in [0, 0.1) is 0 Å². The Hall–Kier alpha value is -4.06. The molecule has 152 valence electrons. The summed E-state index contributed by atoms with van der Waals surface area (Å²) in [6, 6.07) is 27.1. The van der Waals surface area contributed by atoms with E-state index >= 15 is 0 Å². The highest BCUT2D eigenvalue weighted by molar-refractivity contribution is 5.91. The quantitative estimate of drug-likeness (QED) is 0.402. The fraction of sp³-hybridized carbons (Fsp3) is 0.120. The van der Waals surface area contributed by atoms with Gasteiger partial charge in [0.2, 0.25) is 0 Å². The summed E-state index contributed by atoms with van der Waals surface area (Å²) in [4.78, 5) is 4.73. The molecule has 0 unspecified atom stereocenters. The molecule has 0 aliphatic heterocycles. The van der Waals surface area contributed by atoms with Crippen molar-refractivity contribution in [2.75, 3.05) is 5.32 Å². The highest BCUT2D eigenvalue weighted by Gasteiger charge is 2.10. The van der Waals surface area contributed by atoms with Crippen molar-refractivity contribution in [3.63, 3.8) is 0 Å². The number of benzene rings is 3. The number of hydrogen-bond donors (Lipinski definition) is 2. The fourth-order valence-corrected chi connectivity index (χ4v) is 3.77. The highest BCUT2D eigenvalue weighted by atomic mass is 15.5. The molecule has 0 bridgehead atoms. The van der Waals surface area contributed by atoms with Crippen molar-refractivity contribution in [1.82, 2.24) is 25.6 Å². The predicted octanol–water partition coefficient (Wildman–Crippen LogP) is 5.26. The average Bonchev–Trinajstić information content (AvgIpc) is 3.37. The van der Waals surface area contributed by atoms with Gasteiger partial charge >= 0.3 is 0 Å². The number of H-pyrrole nitrogens is 1. The molecule has 5 aromatic rings. The van der Waals surface area contributed by atoms with Crippen LogP contribution in [0.2, 0.25) is 0 Å². The minimum atomic E-state index is 0.664. The van der Waals surface area contributed by atoms with Crippen molar-refractivity contribution in [2.45, 2.75) is 19.9 Å². The Morgan fingerprint density at radius 1 is 0.871 bits per heavy atom. The summed E-state index contributed by atoms with van der Waals surface area (Å²) in [6.07, 6.45) is 0.911. The predicted molar refractivity (Wildman–Crippen MR) is 123 cm³/mol. The number of tetrazole rings is 1. The number of nitrogens with zero attached hydrogens (tertiary/aromatic N) is 4. The Labute approximate surface area is 180 Å². The van der Waals surface area contributed by atoms with E-state index in [4.69, 9.17) is 4.98 Å². The van der Waals surface area contributed by atoms with E-state index in [0.29, 0.717) is 5.82 Å². The molecular formula is C25H22N6. The van der Waals surface area contributed by atoms with Crippen LogP contribution in [0.15, 0.2) is 78.9 Å². The normalized spacial score (nSPS) is 11.0. The minimum Gasteiger partial charge on any atom is -0.380 e. The van der Waals surface area contributed by atoms with Gasteiger partial charge in [0.15, 0.2) is 5.82 Å². The maximum atomic E-state index is 4.73. The second kappa shape index (κ2) is 8.36. The van der Waals surface area contributed by atoms with Gasteiger partial charge in [0.1, 0.15) is 0 Å². The SMILES string of the molecule is CCc1cc(NCc2ccc(-c3ccccc3-c3nnn[nH]3)cc2)c2ccccc2n1. The second-order valence-electron chi connectivity index (χ2n) is 7.38. The Morgan fingerprint density at radius 3 is 2.42 bits per heavy atom. The molecule has 0 atom stereocenters. The molecule has 0 aliphatic rings. The zero-order chi connectivity index (χ0) is 21.0. The highest BCUT2D eigenvalue weighted by Crippen LogP contribution is 2.30. The van der Waals surface area contributed by atoms with Crippen molar-refractivity contribution in [1.29, 1.82) is 0 Å². The summed E-state index contributed by atoms with van der Waals surface area (Å²) in [5.41, 5.74) is 7.64. The van der Waals surface area contributed by atoms with Gasteiger partial charge in [0, 0.05) is 28.9 Å². The lowest BCUT2D eigenvalue weighted by Crippen LogP contribution is -2.02. The lowest BCUT2D eigenvalue weighted by atomic mass is 9.98. The van der Waals surface area contributed by atoms with Gasteiger partial charge in [0.05, 0.1) is 5.52 Å². The van der Waals surface area contributed by atoms with Gasteiger partial charge in [-0.2, -0.15) is 0 Å². The summed E-state index contributed by atoms with van der Waals surface area (Å²) in [7, 11) is 0. The molecule has 2 N–H and O–H groups in total. The molecule has 6 heteroatoms. The van der Waals surface area contributed by atoms with Gasteiger partial charge in [-0.3, -0.25) is 4.98 Å². The summed E-state index contributed by atoms with van der Waals surface area (Å²) in [5.74, 6) is 0.664. The summed E-state index contributed by atoms with van der Waals surface area (Å²) in [5, 5.41) is 19.1. The van der Waals surface area contributed by atoms with E-state index in [9.17, 15) is 0 Å². The van der Waals surface area contributed by atoms with E-state index in [1.54, 1.807) is 0 Å². The van der Waals surface area contributed by atoms with Crippen molar-refractivity contribution in [3.05, 3.63) is 90.1 Å².